The van der Waals surface area contributed by atoms with Crippen molar-refractivity contribution in [3.63, 3.8) is 0 Å². The van der Waals surface area contributed by atoms with Gasteiger partial charge in [0, 0.05) is 6.07 Å². The number of rotatable bonds is 3. The van der Waals surface area contributed by atoms with Crippen LogP contribution >= 0.6 is 0 Å². The molecule has 0 amide bonds. The molecule has 0 atom stereocenters. The fraction of sp³-hybridized carbons (Fsp3) is 0. The van der Waals surface area contributed by atoms with Gasteiger partial charge < -0.3 is 5.73 Å². The molecule has 0 aliphatic rings. The summed E-state index contributed by atoms with van der Waals surface area (Å²) in [5.74, 6) is 0.228. The molecule has 0 spiro atoms. The van der Waals surface area contributed by atoms with Crippen molar-refractivity contribution in [2.45, 2.75) is 0 Å². The molecule has 0 radical (unpaired) electrons. The van der Waals surface area contributed by atoms with Crippen LogP contribution in [0, 0.1) is 10.1 Å². The van der Waals surface area contributed by atoms with Crippen LogP contribution in [0.25, 0.3) is 11.0 Å². The van der Waals surface area contributed by atoms with Gasteiger partial charge in [-0.25, -0.2) is 4.98 Å². The van der Waals surface area contributed by atoms with E-state index in [1.54, 1.807) is 18.2 Å². The molecule has 1 aromatic heterocycles. The second-order valence-electron chi connectivity index (χ2n) is 4.33. The molecule has 3 aromatic rings. The molecule has 2 N–H and O–H groups in total. The molecule has 7 nitrogen and oxygen atoms in total. The fourth-order valence-electron chi connectivity index (χ4n) is 2.04. The lowest BCUT2D eigenvalue weighted by Gasteiger charge is -1.99. The number of benzene rings is 2. The molecule has 3 rings (SSSR count). The topological polar surface area (TPSA) is 99.3 Å². The summed E-state index contributed by atoms with van der Waals surface area (Å²) in [5.41, 5.74) is 7.67. The minimum absolute atomic E-state index is 0.00996. The Balaban J connectivity index is 2.07. The molecular formula is C14H11N5O2. The summed E-state index contributed by atoms with van der Waals surface area (Å²) in [6, 6.07) is 13.7. The molecular weight excluding hydrogens is 270 g/mol. The first kappa shape index (κ1) is 12.8. The number of imidazole rings is 1. The monoisotopic (exact) mass is 281 g/mol. The molecule has 0 fully saturated rings. The highest BCUT2D eigenvalue weighted by atomic mass is 16.6. The third-order valence-electron chi connectivity index (χ3n) is 3.01. The normalized spacial score (nSPS) is 11.2. The van der Waals surface area contributed by atoms with Gasteiger partial charge >= 0.3 is 0 Å². The second kappa shape index (κ2) is 5.04. The predicted molar refractivity (Wildman–Crippen MR) is 80.2 cm³/mol. The van der Waals surface area contributed by atoms with Crippen LogP contribution in [-0.4, -0.2) is 20.8 Å². The highest BCUT2D eigenvalue weighted by Crippen LogP contribution is 2.18. The van der Waals surface area contributed by atoms with Crippen molar-refractivity contribution in [1.29, 1.82) is 0 Å². The summed E-state index contributed by atoms with van der Waals surface area (Å²) in [4.78, 5) is 14.7. The van der Waals surface area contributed by atoms with E-state index in [0.29, 0.717) is 5.56 Å². The van der Waals surface area contributed by atoms with Crippen molar-refractivity contribution in [1.82, 2.24) is 9.66 Å². The zero-order chi connectivity index (χ0) is 14.8. The van der Waals surface area contributed by atoms with Crippen molar-refractivity contribution >= 4 is 28.9 Å². The first-order valence-electron chi connectivity index (χ1n) is 6.17. The Morgan fingerprint density at radius 2 is 1.90 bits per heavy atom. The van der Waals surface area contributed by atoms with Crippen molar-refractivity contribution < 1.29 is 4.92 Å². The van der Waals surface area contributed by atoms with E-state index in [1.165, 1.54) is 17.0 Å². The van der Waals surface area contributed by atoms with Crippen LogP contribution in [0.3, 0.4) is 0 Å². The molecule has 0 aliphatic carbocycles. The van der Waals surface area contributed by atoms with E-state index in [2.05, 4.69) is 10.1 Å². The van der Waals surface area contributed by atoms with Crippen molar-refractivity contribution in [2.75, 3.05) is 5.73 Å². The zero-order valence-corrected chi connectivity index (χ0v) is 10.9. The van der Waals surface area contributed by atoms with Crippen LogP contribution in [0.15, 0.2) is 53.6 Å². The summed E-state index contributed by atoms with van der Waals surface area (Å²) in [6.07, 6.45) is 1.41. The molecule has 0 aliphatic heterocycles. The largest absolute Gasteiger partial charge is 0.368 e. The Bertz CT molecular complexity index is 853. The number of nitro groups is 1. The van der Waals surface area contributed by atoms with Gasteiger partial charge in [0.25, 0.3) is 5.69 Å². The molecule has 0 unspecified atom stereocenters. The van der Waals surface area contributed by atoms with Gasteiger partial charge in [0.1, 0.15) is 0 Å². The maximum Gasteiger partial charge on any atom is 0.278 e. The van der Waals surface area contributed by atoms with E-state index in [9.17, 15) is 10.1 Å². The summed E-state index contributed by atoms with van der Waals surface area (Å²) in [7, 11) is 0. The number of aromatic nitrogens is 2. The Kier molecular flexibility index (Phi) is 3.07. The van der Waals surface area contributed by atoms with E-state index in [0.717, 1.165) is 11.0 Å². The number of fused-ring (bicyclic) bond motifs is 1. The second-order valence-corrected chi connectivity index (χ2v) is 4.33. The summed E-state index contributed by atoms with van der Waals surface area (Å²) in [6.45, 7) is 0. The molecule has 1 heterocycles. The summed E-state index contributed by atoms with van der Waals surface area (Å²) in [5, 5.41) is 15.2. The van der Waals surface area contributed by atoms with Gasteiger partial charge in [0.05, 0.1) is 27.7 Å². The lowest BCUT2D eigenvalue weighted by molar-refractivity contribution is -0.385. The summed E-state index contributed by atoms with van der Waals surface area (Å²) < 4.78 is 1.45. The van der Waals surface area contributed by atoms with E-state index in [1.807, 2.05) is 24.3 Å². The first-order chi connectivity index (χ1) is 10.2. The average molecular weight is 281 g/mol. The minimum atomic E-state index is -0.448. The van der Waals surface area contributed by atoms with E-state index < -0.39 is 4.92 Å². The number of nitrogen functional groups attached to an aromatic ring is 1. The Morgan fingerprint density at radius 3 is 2.71 bits per heavy atom. The Morgan fingerprint density at radius 1 is 1.19 bits per heavy atom. The fourth-order valence-corrected chi connectivity index (χ4v) is 2.04. The van der Waals surface area contributed by atoms with E-state index in [4.69, 9.17) is 5.73 Å². The Labute approximate surface area is 119 Å². The maximum absolute atomic E-state index is 11.0. The van der Waals surface area contributed by atoms with Gasteiger partial charge in [-0.15, -0.1) is 0 Å². The zero-order valence-electron chi connectivity index (χ0n) is 10.9. The van der Waals surface area contributed by atoms with Crippen molar-refractivity contribution in [3.05, 3.63) is 64.2 Å². The van der Waals surface area contributed by atoms with Crippen LogP contribution in [0.1, 0.15) is 5.56 Å². The molecule has 7 heteroatoms. The predicted octanol–water partition coefficient (Wildman–Crippen LogP) is 2.41. The summed E-state index contributed by atoms with van der Waals surface area (Å²) >= 11 is 0. The molecule has 0 saturated heterocycles. The quantitative estimate of drug-likeness (QED) is 0.452. The van der Waals surface area contributed by atoms with Crippen LogP contribution in [0.4, 0.5) is 11.6 Å². The third kappa shape index (κ3) is 2.32. The van der Waals surface area contributed by atoms with Crippen LogP contribution in [0.5, 0.6) is 0 Å². The highest BCUT2D eigenvalue weighted by molar-refractivity contribution is 5.86. The van der Waals surface area contributed by atoms with Crippen molar-refractivity contribution in [2.24, 2.45) is 5.10 Å². The third-order valence-corrected chi connectivity index (χ3v) is 3.01. The number of para-hydroxylation sites is 3. The number of nitrogens with two attached hydrogens (primary N) is 1. The standard InChI is InChI=1S/C14H11N5O2/c15-14-17-11-6-2-4-8-13(11)18(14)16-9-10-5-1-3-7-12(10)19(20)21/h1-9H,(H2,15,17)/b16-9-. The van der Waals surface area contributed by atoms with Gasteiger partial charge in [0.2, 0.25) is 5.95 Å². The van der Waals surface area contributed by atoms with Gasteiger partial charge in [-0.3, -0.25) is 10.1 Å². The van der Waals surface area contributed by atoms with E-state index in [-0.39, 0.29) is 11.6 Å². The number of hydrogen-bond acceptors (Lipinski definition) is 5. The minimum Gasteiger partial charge on any atom is -0.368 e. The van der Waals surface area contributed by atoms with Gasteiger partial charge in [-0.1, -0.05) is 24.3 Å². The van der Waals surface area contributed by atoms with Gasteiger partial charge in [-0.2, -0.15) is 9.78 Å². The molecule has 104 valence electrons. The number of nitrogens with zero attached hydrogens (tertiary/aromatic N) is 4. The molecule has 0 bridgehead atoms. The lowest BCUT2D eigenvalue weighted by Crippen LogP contribution is -1.99. The number of anilines is 1. The lowest BCUT2D eigenvalue weighted by atomic mass is 10.2. The van der Waals surface area contributed by atoms with Crippen molar-refractivity contribution in [3.8, 4) is 0 Å². The SMILES string of the molecule is Nc1nc2ccccc2n1/N=C\c1ccccc1[N+](=O)[O-]. The first-order valence-corrected chi connectivity index (χ1v) is 6.17. The highest BCUT2D eigenvalue weighted by Gasteiger charge is 2.11. The maximum atomic E-state index is 11.0. The van der Waals surface area contributed by atoms with Gasteiger partial charge in [-0.05, 0) is 18.2 Å². The number of hydrogen-bond donors (Lipinski definition) is 1. The van der Waals surface area contributed by atoms with Crippen LogP contribution < -0.4 is 5.73 Å². The Hall–Kier alpha value is -3.22. The van der Waals surface area contributed by atoms with E-state index >= 15 is 0 Å². The smallest absolute Gasteiger partial charge is 0.278 e. The van der Waals surface area contributed by atoms with Crippen LogP contribution in [0.2, 0.25) is 0 Å². The number of nitro benzene ring substituents is 1. The average Bonchev–Trinajstić information content (AvgIpc) is 2.81. The molecule has 0 saturated carbocycles. The van der Waals surface area contributed by atoms with Crippen LogP contribution in [-0.2, 0) is 0 Å². The molecule has 21 heavy (non-hydrogen) atoms. The molecule has 2 aromatic carbocycles. The van der Waals surface area contributed by atoms with Gasteiger partial charge in [0.15, 0.2) is 0 Å².